The first kappa shape index (κ1) is 15.0. The number of ether oxygens (including phenoxy) is 1. The van der Waals surface area contributed by atoms with E-state index in [4.69, 9.17) is 4.74 Å². The zero-order valence-electron chi connectivity index (χ0n) is 11.9. The van der Waals surface area contributed by atoms with Crippen molar-refractivity contribution in [1.29, 1.82) is 0 Å². The molecule has 1 aromatic carbocycles. The van der Waals surface area contributed by atoms with Crippen LogP contribution < -0.4 is 5.32 Å². The lowest BCUT2D eigenvalue weighted by molar-refractivity contribution is 0.0359. The van der Waals surface area contributed by atoms with Crippen molar-refractivity contribution in [3.63, 3.8) is 0 Å². The molecule has 0 aliphatic carbocycles. The molecule has 0 amide bonds. The smallest absolute Gasteiger partial charge is 0.0945 e. The summed E-state index contributed by atoms with van der Waals surface area (Å²) in [6.45, 7) is 5.54. The van der Waals surface area contributed by atoms with Crippen molar-refractivity contribution in [2.45, 2.75) is 26.6 Å². The van der Waals surface area contributed by atoms with Gasteiger partial charge in [0.25, 0.3) is 0 Å². The van der Waals surface area contributed by atoms with Gasteiger partial charge in [-0.1, -0.05) is 23.8 Å². The molecule has 2 rings (SSSR count). The summed E-state index contributed by atoms with van der Waals surface area (Å²) < 4.78 is 5.50. The van der Waals surface area contributed by atoms with Gasteiger partial charge >= 0.3 is 0 Å². The number of nitrogens with one attached hydrogen (secondary N) is 1. The van der Waals surface area contributed by atoms with Gasteiger partial charge in [0.15, 0.2) is 0 Å². The number of aliphatic hydroxyl groups excluding tert-OH is 1. The molecule has 0 aliphatic heterocycles. The van der Waals surface area contributed by atoms with E-state index in [1.165, 1.54) is 16.0 Å². The van der Waals surface area contributed by atoms with Crippen molar-refractivity contribution in [2.75, 3.05) is 18.5 Å². The average Bonchev–Trinajstić information content (AvgIpc) is 2.91. The Bertz CT molecular complexity index is 525. The van der Waals surface area contributed by atoms with Crippen molar-refractivity contribution in [1.82, 2.24) is 0 Å². The molecule has 0 fully saturated rings. The number of rotatable bonds is 7. The Kier molecular flexibility index (Phi) is 5.59. The first-order valence-electron chi connectivity index (χ1n) is 6.74. The molecule has 0 bridgehead atoms. The van der Waals surface area contributed by atoms with Crippen molar-refractivity contribution >= 4 is 17.0 Å². The van der Waals surface area contributed by atoms with Gasteiger partial charge in [0.2, 0.25) is 0 Å². The summed E-state index contributed by atoms with van der Waals surface area (Å²) in [6, 6.07) is 10.3. The van der Waals surface area contributed by atoms with Gasteiger partial charge in [-0.05, 0) is 36.9 Å². The Hall–Kier alpha value is -1.36. The summed E-state index contributed by atoms with van der Waals surface area (Å²) in [7, 11) is 0. The van der Waals surface area contributed by atoms with E-state index in [0.29, 0.717) is 19.8 Å². The minimum absolute atomic E-state index is 0.343. The quantitative estimate of drug-likeness (QED) is 0.822. The molecule has 0 spiro atoms. The zero-order valence-corrected chi connectivity index (χ0v) is 12.7. The summed E-state index contributed by atoms with van der Waals surface area (Å²) in [5.74, 6) is 0. The van der Waals surface area contributed by atoms with Crippen LogP contribution in [0, 0.1) is 13.8 Å². The highest BCUT2D eigenvalue weighted by atomic mass is 32.1. The summed E-state index contributed by atoms with van der Waals surface area (Å²) >= 11 is 1.67. The molecule has 1 unspecified atom stereocenters. The molecule has 0 saturated heterocycles. The number of anilines is 1. The second-order valence-corrected chi connectivity index (χ2v) is 5.98. The van der Waals surface area contributed by atoms with Gasteiger partial charge in [-0.2, -0.15) is 0 Å². The van der Waals surface area contributed by atoms with Crippen molar-refractivity contribution < 1.29 is 9.84 Å². The van der Waals surface area contributed by atoms with E-state index in [2.05, 4.69) is 31.3 Å². The lowest BCUT2D eigenvalue weighted by Gasteiger charge is -2.14. The van der Waals surface area contributed by atoms with E-state index in [0.717, 1.165) is 5.69 Å². The largest absolute Gasteiger partial charge is 0.389 e. The predicted octanol–water partition coefficient (Wildman–Crippen LogP) is 3.35. The molecule has 4 heteroatoms. The fraction of sp³-hybridized carbons (Fsp3) is 0.375. The molecular formula is C16H21NO2S. The number of benzene rings is 1. The lowest BCUT2D eigenvalue weighted by Crippen LogP contribution is -2.25. The lowest BCUT2D eigenvalue weighted by atomic mass is 10.1. The predicted molar refractivity (Wildman–Crippen MR) is 84.4 cm³/mol. The molecule has 0 radical (unpaired) electrons. The molecule has 2 aromatic rings. The minimum atomic E-state index is -0.504. The SMILES string of the molecule is Cc1ccc(NCC(O)COCc2cccs2)c(C)c1. The highest BCUT2D eigenvalue weighted by molar-refractivity contribution is 7.09. The fourth-order valence-electron chi connectivity index (χ4n) is 1.99. The third kappa shape index (κ3) is 4.63. The van der Waals surface area contributed by atoms with Gasteiger partial charge in [-0.25, -0.2) is 0 Å². The number of aryl methyl sites for hydroxylation is 2. The number of hydrogen-bond acceptors (Lipinski definition) is 4. The van der Waals surface area contributed by atoms with Crippen LogP contribution in [-0.4, -0.2) is 24.4 Å². The van der Waals surface area contributed by atoms with E-state index in [1.807, 2.05) is 23.6 Å². The first-order chi connectivity index (χ1) is 9.65. The van der Waals surface area contributed by atoms with E-state index in [1.54, 1.807) is 11.3 Å². The van der Waals surface area contributed by atoms with Crippen LogP contribution in [0.4, 0.5) is 5.69 Å². The van der Waals surface area contributed by atoms with Gasteiger partial charge in [-0.3, -0.25) is 0 Å². The number of hydrogen-bond donors (Lipinski definition) is 2. The van der Waals surface area contributed by atoms with Gasteiger partial charge in [0, 0.05) is 17.1 Å². The van der Waals surface area contributed by atoms with Crippen LogP contribution in [0.1, 0.15) is 16.0 Å². The van der Waals surface area contributed by atoms with Crippen LogP contribution >= 0.6 is 11.3 Å². The van der Waals surface area contributed by atoms with Crippen LogP contribution in [0.2, 0.25) is 0 Å². The third-order valence-corrected chi connectivity index (χ3v) is 3.89. The fourth-order valence-corrected chi connectivity index (χ4v) is 2.63. The number of aliphatic hydroxyl groups is 1. The summed E-state index contributed by atoms with van der Waals surface area (Å²) in [6.07, 6.45) is -0.504. The maximum Gasteiger partial charge on any atom is 0.0945 e. The highest BCUT2D eigenvalue weighted by Gasteiger charge is 2.06. The second kappa shape index (κ2) is 7.43. The second-order valence-electron chi connectivity index (χ2n) is 4.95. The maximum absolute atomic E-state index is 9.90. The highest BCUT2D eigenvalue weighted by Crippen LogP contribution is 2.16. The van der Waals surface area contributed by atoms with E-state index >= 15 is 0 Å². The van der Waals surface area contributed by atoms with Gasteiger partial charge in [0.1, 0.15) is 0 Å². The molecular weight excluding hydrogens is 270 g/mol. The molecule has 0 aliphatic rings. The zero-order chi connectivity index (χ0) is 14.4. The van der Waals surface area contributed by atoms with Crippen LogP contribution in [0.5, 0.6) is 0 Å². The molecule has 2 N–H and O–H groups in total. The standard InChI is InChI=1S/C16H21NO2S/c1-12-5-6-16(13(2)8-12)17-9-14(18)10-19-11-15-4-3-7-20-15/h3-8,14,17-18H,9-11H2,1-2H3. The van der Waals surface area contributed by atoms with Crippen LogP contribution in [0.3, 0.4) is 0 Å². The molecule has 1 aromatic heterocycles. The Labute approximate surface area is 124 Å². The Balaban J connectivity index is 1.70. The first-order valence-corrected chi connectivity index (χ1v) is 7.62. The van der Waals surface area contributed by atoms with Crippen LogP contribution in [0.25, 0.3) is 0 Å². The molecule has 1 heterocycles. The van der Waals surface area contributed by atoms with E-state index in [-0.39, 0.29) is 0 Å². The maximum atomic E-state index is 9.90. The Morgan fingerprint density at radius 1 is 1.30 bits per heavy atom. The van der Waals surface area contributed by atoms with Crippen molar-refractivity contribution in [3.8, 4) is 0 Å². The molecule has 1 atom stereocenters. The normalized spacial score (nSPS) is 12.3. The van der Waals surface area contributed by atoms with Crippen LogP contribution in [0.15, 0.2) is 35.7 Å². The topological polar surface area (TPSA) is 41.5 Å². The summed E-state index contributed by atoms with van der Waals surface area (Å²) in [5, 5.41) is 15.2. The van der Waals surface area contributed by atoms with Gasteiger partial charge in [0.05, 0.1) is 19.3 Å². The number of thiophene rings is 1. The third-order valence-electron chi connectivity index (χ3n) is 3.04. The molecule has 20 heavy (non-hydrogen) atoms. The monoisotopic (exact) mass is 291 g/mol. The average molecular weight is 291 g/mol. The summed E-state index contributed by atoms with van der Waals surface area (Å²) in [4.78, 5) is 1.18. The molecule has 0 saturated carbocycles. The van der Waals surface area contributed by atoms with Gasteiger partial charge in [-0.15, -0.1) is 11.3 Å². The Morgan fingerprint density at radius 2 is 2.15 bits per heavy atom. The molecule has 3 nitrogen and oxygen atoms in total. The summed E-state index contributed by atoms with van der Waals surface area (Å²) in [5.41, 5.74) is 3.50. The van der Waals surface area contributed by atoms with Gasteiger partial charge < -0.3 is 15.2 Å². The van der Waals surface area contributed by atoms with Crippen molar-refractivity contribution in [2.24, 2.45) is 0 Å². The minimum Gasteiger partial charge on any atom is -0.389 e. The van der Waals surface area contributed by atoms with E-state index < -0.39 is 6.10 Å². The van der Waals surface area contributed by atoms with E-state index in [9.17, 15) is 5.11 Å². The van der Waals surface area contributed by atoms with Crippen molar-refractivity contribution in [3.05, 3.63) is 51.7 Å². The molecule has 108 valence electrons. The van der Waals surface area contributed by atoms with Crippen LogP contribution in [-0.2, 0) is 11.3 Å². The Morgan fingerprint density at radius 3 is 2.85 bits per heavy atom.